The Bertz CT molecular complexity index is 620. The largest absolute Gasteiger partial charge is 0.497 e. The van der Waals surface area contributed by atoms with E-state index in [4.69, 9.17) is 9.47 Å². The number of carbonyl (C=O) groups is 2. The van der Waals surface area contributed by atoms with Gasteiger partial charge in [0.1, 0.15) is 11.5 Å². The fraction of sp³-hybridized carbons (Fsp3) is 0.556. The Morgan fingerprint density at radius 1 is 1.36 bits per heavy atom. The molecule has 2 N–H and O–H groups in total. The molecular weight excluding hydrogens is 322 g/mol. The molecule has 2 atom stereocenters. The van der Waals surface area contributed by atoms with Gasteiger partial charge in [0.05, 0.1) is 25.8 Å². The number of amides is 2. The molecule has 1 fully saturated rings. The van der Waals surface area contributed by atoms with Crippen LogP contribution in [0, 0.1) is 5.92 Å². The van der Waals surface area contributed by atoms with Crippen LogP contribution in [0.3, 0.4) is 0 Å². The summed E-state index contributed by atoms with van der Waals surface area (Å²) in [7, 11) is 3.12. The van der Waals surface area contributed by atoms with Gasteiger partial charge in [-0.15, -0.1) is 0 Å². The van der Waals surface area contributed by atoms with E-state index in [0.29, 0.717) is 30.3 Å². The summed E-state index contributed by atoms with van der Waals surface area (Å²) in [5.74, 6) is 0.679. The molecule has 7 nitrogen and oxygen atoms in total. The summed E-state index contributed by atoms with van der Waals surface area (Å²) in [5, 5.41) is 6.16. The summed E-state index contributed by atoms with van der Waals surface area (Å²) in [6.45, 7) is 5.78. The van der Waals surface area contributed by atoms with Crippen molar-refractivity contribution in [3.05, 3.63) is 18.2 Å². The van der Waals surface area contributed by atoms with E-state index in [0.717, 1.165) is 6.54 Å². The van der Waals surface area contributed by atoms with Crippen molar-refractivity contribution in [2.45, 2.75) is 26.3 Å². The number of hydrogen-bond acceptors (Lipinski definition) is 5. The highest BCUT2D eigenvalue weighted by molar-refractivity contribution is 6.01. The van der Waals surface area contributed by atoms with Crippen molar-refractivity contribution in [3.63, 3.8) is 0 Å². The second-order valence-electron chi connectivity index (χ2n) is 6.15. The molecule has 138 valence electrons. The van der Waals surface area contributed by atoms with Gasteiger partial charge in [-0.3, -0.25) is 9.59 Å². The monoisotopic (exact) mass is 349 g/mol. The molecule has 0 aromatic heterocycles. The number of nitrogens with zero attached hydrogens (tertiary/aromatic N) is 1. The highest BCUT2D eigenvalue weighted by atomic mass is 16.5. The van der Waals surface area contributed by atoms with Crippen LogP contribution in [0.25, 0.3) is 0 Å². The minimum absolute atomic E-state index is 0.0802. The van der Waals surface area contributed by atoms with Crippen LogP contribution in [0.5, 0.6) is 11.5 Å². The van der Waals surface area contributed by atoms with Crippen molar-refractivity contribution < 1.29 is 19.1 Å². The molecule has 2 rings (SSSR count). The van der Waals surface area contributed by atoms with Gasteiger partial charge in [0.2, 0.25) is 11.8 Å². The van der Waals surface area contributed by atoms with E-state index < -0.39 is 0 Å². The molecule has 1 unspecified atom stereocenters. The smallest absolute Gasteiger partial charge is 0.227 e. The predicted octanol–water partition coefficient (Wildman–Crippen LogP) is 1.17. The number of nitrogens with one attached hydrogen (secondary N) is 2. The van der Waals surface area contributed by atoms with Gasteiger partial charge >= 0.3 is 0 Å². The number of hydrogen-bond donors (Lipinski definition) is 2. The quantitative estimate of drug-likeness (QED) is 0.736. The summed E-state index contributed by atoms with van der Waals surface area (Å²) in [4.78, 5) is 26.4. The Morgan fingerprint density at radius 3 is 2.76 bits per heavy atom. The molecule has 7 heteroatoms. The first-order chi connectivity index (χ1) is 12.0. The number of methoxy groups -OCH3 is 2. The van der Waals surface area contributed by atoms with Gasteiger partial charge in [0.25, 0.3) is 0 Å². The number of likely N-dealkylation sites (N-methyl/N-ethyl adjacent to an activating group) is 1. The zero-order valence-electron chi connectivity index (χ0n) is 15.3. The Labute approximate surface area is 148 Å². The minimum Gasteiger partial charge on any atom is -0.497 e. The van der Waals surface area contributed by atoms with Gasteiger partial charge in [-0.1, -0.05) is 6.92 Å². The predicted molar refractivity (Wildman–Crippen MR) is 96.2 cm³/mol. The van der Waals surface area contributed by atoms with Crippen LogP contribution in [0.1, 0.15) is 20.3 Å². The summed E-state index contributed by atoms with van der Waals surface area (Å²) >= 11 is 0. The Morgan fingerprint density at radius 2 is 2.12 bits per heavy atom. The maximum atomic E-state index is 12.4. The van der Waals surface area contributed by atoms with Crippen LogP contribution in [-0.2, 0) is 9.59 Å². The molecule has 0 saturated carbocycles. The molecule has 2 amide bonds. The Hall–Kier alpha value is -2.28. The van der Waals surface area contributed by atoms with E-state index in [1.54, 1.807) is 37.3 Å². The fourth-order valence-corrected chi connectivity index (χ4v) is 2.94. The maximum Gasteiger partial charge on any atom is 0.227 e. The molecule has 1 heterocycles. The number of anilines is 1. The lowest BCUT2D eigenvalue weighted by atomic mass is 10.1. The van der Waals surface area contributed by atoms with Gasteiger partial charge < -0.3 is 25.0 Å². The first-order valence-electron chi connectivity index (χ1n) is 8.53. The normalized spacial score (nSPS) is 18.2. The van der Waals surface area contributed by atoms with Crippen molar-refractivity contribution in [1.82, 2.24) is 10.6 Å². The topological polar surface area (TPSA) is 79.9 Å². The van der Waals surface area contributed by atoms with E-state index in [1.807, 2.05) is 13.8 Å². The van der Waals surface area contributed by atoms with Crippen LogP contribution >= 0.6 is 0 Å². The average molecular weight is 349 g/mol. The lowest BCUT2D eigenvalue weighted by molar-refractivity contribution is -0.126. The third-order valence-corrected chi connectivity index (χ3v) is 4.31. The summed E-state index contributed by atoms with van der Waals surface area (Å²) < 4.78 is 10.5. The zero-order valence-corrected chi connectivity index (χ0v) is 15.3. The van der Waals surface area contributed by atoms with E-state index in [9.17, 15) is 9.59 Å². The van der Waals surface area contributed by atoms with E-state index in [1.165, 1.54) is 0 Å². The van der Waals surface area contributed by atoms with Crippen molar-refractivity contribution >= 4 is 17.5 Å². The molecule has 25 heavy (non-hydrogen) atoms. The fourth-order valence-electron chi connectivity index (χ4n) is 2.94. The van der Waals surface area contributed by atoms with Gasteiger partial charge in [0.15, 0.2) is 0 Å². The van der Waals surface area contributed by atoms with Crippen LogP contribution in [-0.4, -0.2) is 51.7 Å². The van der Waals surface area contributed by atoms with Crippen molar-refractivity contribution in [3.8, 4) is 11.5 Å². The Balaban J connectivity index is 2.03. The Kier molecular flexibility index (Phi) is 6.64. The van der Waals surface area contributed by atoms with Crippen LogP contribution < -0.4 is 25.0 Å². The third kappa shape index (κ3) is 4.63. The van der Waals surface area contributed by atoms with Crippen molar-refractivity contribution in [2.24, 2.45) is 5.92 Å². The van der Waals surface area contributed by atoms with Gasteiger partial charge in [-0.05, 0) is 25.6 Å². The van der Waals surface area contributed by atoms with Crippen LogP contribution in [0.2, 0.25) is 0 Å². The molecule has 0 aliphatic carbocycles. The standard InChI is InChI=1S/C18H27N3O4/c1-5-19-12(2)10-20-18(23)13-8-17(22)21(11-13)15-7-6-14(24-3)9-16(15)25-4/h6-7,9,12-13,19H,5,8,10-11H2,1-4H3,(H,20,23)/t12-,13?/m1/s1. The first kappa shape index (κ1) is 19.1. The molecule has 1 saturated heterocycles. The van der Waals surface area contributed by atoms with Crippen molar-refractivity contribution in [1.29, 1.82) is 0 Å². The summed E-state index contributed by atoms with van der Waals surface area (Å²) in [6, 6.07) is 5.48. The van der Waals surface area contributed by atoms with Gasteiger partial charge in [-0.25, -0.2) is 0 Å². The second kappa shape index (κ2) is 8.71. The minimum atomic E-state index is -0.354. The highest BCUT2D eigenvalue weighted by Crippen LogP contribution is 2.35. The van der Waals surface area contributed by atoms with Crippen LogP contribution in [0.4, 0.5) is 5.69 Å². The summed E-state index contributed by atoms with van der Waals surface area (Å²) in [5.41, 5.74) is 0.657. The maximum absolute atomic E-state index is 12.4. The first-order valence-corrected chi connectivity index (χ1v) is 8.53. The lowest BCUT2D eigenvalue weighted by Crippen LogP contribution is -2.41. The van der Waals surface area contributed by atoms with E-state index in [-0.39, 0.29) is 30.2 Å². The second-order valence-corrected chi connectivity index (χ2v) is 6.15. The molecule has 1 aliphatic rings. The number of carbonyl (C=O) groups excluding carboxylic acids is 2. The van der Waals surface area contributed by atoms with E-state index >= 15 is 0 Å². The molecule has 1 aromatic rings. The lowest BCUT2D eigenvalue weighted by Gasteiger charge is -2.20. The average Bonchev–Trinajstić information content (AvgIpc) is 3.01. The molecule has 1 aliphatic heterocycles. The third-order valence-electron chi connectivity index (χ3n) is 4.31. The molecule has 1 aromatic carbocycles. The zero-order chi connectivity index (χ0) is 18.4. The highest BCUT2D eigenvalue weighted by Gasteiger charge is 2.36. The summed E-state index contributed by atoms with van der Waals surface area (Å²) in [6.07, 6.45) is 0.205. The molecule has 0 radical (unpaired) electrons. The van der Waals surface area contributed by atoms with Gasteiger partial charge in [-0.2, -0.15) is 0 Å². The number of benzene rings is 1. The van der Waals surface area contributed by atoms with Crippen LogP contribution in [0.15, 0.2) is 18.2 Å². The number of ether oxygens (including phenoxy) is 2. The number of rotatable bonds is 8. The molecule has 0 spiro atoms. The molecule has 0 bridgehead atoms. The SMILES string of the molecule is CCN[C@H](C)CNC(=O)C1CC(=O)N(c2ccc(OC)cc2OC)C1. The van der Waals surface area contributed by atoms with E-state index in [2.05, 4.69) is 10.6 Å². The van der Waals surface area contributed by atoms with Crippen molar-refractivity contribution in [2.75, 3.05) is 38.8 Å². The van der Waals surface area contributed by atoms with Gasteiger partial charge in [0, 0.05) is 31.6 Å². The molecular formula is C18H27N3O4.